The van der Waals surface area contributed by atoms with E-state index in [1.54, 1.807) is 12.1 Å². The van der Waals surface area contributed by atoms with Crippen molar-refractivity contribution < 1.29 is 4.39 Å². The minimum atomic E-state index is -1.36. The molecule has 0 radical (unpaired) electrons. The normalized spacial score (nSPS) is 15.7. The van der Waals surface area contributed by atoms with Crippen molar-refractivity contribution in [2.45, 2.75) is 18.9 Å². The molecule has 12 heavy (non-hydrogen) atoms. The van der Waals surface area contributed by atoms with Crippen LogP contribution < -0.4 is 5.73 Å². The molecular weight excluding hydrogens is 172 g/mol. The molecule has 0 bridgehead atoms. The second-order valence-electron chi connectivity index (χ2n) is 2.98. The van der Waals surface area contributed by atoms with Crippen LogP contribution >= 0.6 is 9.24 Å². The van der Waals surface area contributed by atoms with E-state index in [4.69, 9.17) is 5.73 Å². The smallest absolute Gasteiger partial charge is 0.145 e. The molecule has 0 heterocycles. The maximum atomic E-state index is 13.4. The number of hydrogen-bond acceptors (Lipinski definition) is 1. The lowest BCUT2D eigenvalue weighted by molar-refractivity contribution is 0.323. The highest BCUT2D eigenvalue weighted by molar-refractivity contribution is 7.18. The molecule has 0 fully saturated rings. The molecule has 3 heteroatoms. The Morgan fingerprint density at radius 3 is 2.75 bits per heavy atom. The molecule has 1 aromatic rings. The fourth-order valence-corrected chi connectivity index (χ4v) is 1.18. The van der Waals surface area contributed by atoms with Gasteiger partial charge in [0.05, 0.1) is 0 Å². The highest BCUT2D eigenvalue weighted by Gasteiger charge is 2.18. The Bertz CT molecular complexity index is 267. The van der Waals surface area contributed by atoms with Crippen molar-refractivity contribution in [1.82, 2.24) is 0 Å². The first kappa shape index (κ1) is 9.63. The van der Waals surface area contributed by atoms with Gasteiger partial charge in [-0.1, -0.05) is 33.5 Å². The summed E-state index contributed by atoms with van der Waals surface area (Å²) in [6.07, 6.45) is 0. The van der Waals surface area contributed by atoms with Gasteiger partial charge in [-0.05, 0) is 18.1 Å². The van der Waals surface area contributed by atoms with Crippen molar-refractivity contribution in [2.24, 2.45) is 5.73 Å². The summed E-state index contributed by atoms with van der Waals surface area (Å²) in [6.45, 7) is 1.96. The fraction of sp³-hybridized carbons (Fsp3) is 0.333. The molecular formula is C9H13FNP. The van der Waals surface area contributed by atoms with Crippen LogP contribution in [0.4, 0.5) is 4.39 Å². The molecule has 2 atom stereocenters. The van der Waals surface area contributed by atoms with E-state index < -0.39 is 5.41 Å². The Morgan fingerprint density at radius 1 is 1.58 bits per heavy atom. The van der Waals surface area contributed by atoms with E-state index in [-0.39, 0.29) is 0 Å². The maximum absolute atomic E-state index is 13.4. The van der Waals surface area contributed by atoms with E-state index in [1.807, 2.05) is 12.1 Å². The third kappa shape index (κ3) is 2.26. The van der Waals surface area contributed by atoms with Gasteiger partial charge in [0.2, 0.25) is 0 Å². The van der Waals surface area contributed by atoms with Gasteiger partial charge in [0.15, 0.2) is 0 Å². The Hall–Kier alpha value is -0.460. The SMILES string of the molecule is CC(F)(P)c1cccc(CN)c1. The second kappa shape index (κ2) is 3.51. The first-order valence-electron chi connectivity index (χ1n) is 3.81. The average Bonchev–Trinajstić information content (AvgIpc) is 2.03. The van der Waals surface area contributed by atoms with Gasteiger partial charge >= 0.3 is 0 Å². The number of benzene rings is 1. The minimum absolute atomic E-state index is 0.453. The summed E-state index contributed by atoms with van der Waals surface area (Å²) in [4.78, 5) is 0. The molecule has 1 rings (SSSR count). The molecule has 0 amide bonds. The minimum Gasteiger partial charge on any atom is -0.326 e. The lowest BCUT2D eigenvalue weighted by Crippen LogP contribution is -2.06. The number of nitrogens with two attached hydrogens (primary N) is 1. The van der Waals surface area contributed by atoms with Gasteiger partial charge in [0, 0.05) is 6.54 Å². The van der Waals surface area contributed by atoms with Gasteiger partial charge in [-0.25, -0.2) is 4.39 Å². The van der Waals surface area contributed by atoms with Crippen molar-refractivity contribution in [2.75, 3.05) is 0 Å². The largest absolute Gasteiger partial charge is 0.326 e. The summed E-state index contributed by atoms with van der Waals surface area (Å²) < 4.78 is 13.4. The predicted octanol–water partition coefficient (Wildman–Crippen LogP) is 2.16. The molecule has 0 aromatic heterocycles. The maximum Gasteiger partial charge on any atom is 0.145 e. The van der Waals surface area contributed by atoms with Crippen LogP contribution in [0.1, 0.15) is 18.1 Å². The fourth-order valence-electron chi connectivity index (χ4n) is 1.00. The van der Waals surface area contributed by atoms with Crippen molar-refractivity contribution >= 4 is 9.24 Å². The molecule has 1 aromatic carbocycles. The molecule has 66 valence electrons. The Morgan fingerprint density at radius 2 is 2.25 bits per heavy atom. The van der Waals surface area contributed by atoms with Gasteiger partial charge in [0.1, 0.15) is 5.41 Å². The molecule has 1 nitrogen and oxygen atoms in total. The Kier molecular flexibility index (Phi) is 2.81. The first-order chi connectivity index (χ1) is 5.54. The monoisotopic (exact) mass is 185 g/mol. The van der Waals surface area contributed by atoms with Crippen LogP contribution in [0.15, 0.2) is 24.3 Å². The topological polar surface area (TPSA) is 26.0 Å². The van der Waals surface area contributed by atoms with E-state index in [2.05, 4.69) is 9.24 Å². The zero-order valence-corrected chi connectivity index (χ0v) is 8.20. The van der Waals surface area contributed by atoms with Gasteiger partial charge in [-0.15, -0.1) is 0 Å². The van der Waals surface area contributed by atoms with Crippen molar-refractivity contribution in [3.8, 4) is 0 Å². The third-order valence-corrected chi connectivity index (χ3v) is 2.06. The van der Waals surface area contributed by atoms with E-state index in [0.717, 1.165) is 5.56 Å². The van der Waals surface area contributed by atoms with Crippen molar-refractivity contribution in [3.63, 3.8) is 0 Å². The van der Waals surface area contributed by atoms with Crippen LogP contribution in [0.5, 0.6) is 0 Å². The van der Waals surface area contributed by atoms with Crippen molar-refractivity contribution in [1.29, 1.82) is 0 Å². The van der Waals surface area contributed by atoms with Crippen LogP contribution in [-0.4, -0.2) is 0 Å². The Balaban J connectivity index is 3.02. The average molecular weight is 185 g/mol. The third-order valence-electron chi connectivity index (χ3n) is 1.73. The summed E-state index contributed by atoms with van der Waals surface area (Å²) in [7, 11) is 2.17. The number of alkyl halides is 1. The quantitative estimate of drug-likeness (QED) is 0.702. The van der Waals surface area contributed by atoms with Crippen LogP contribution in [0.2, 0.25) is 0 Å². The summed E-state index contributed by atoms with van der Waals surface area (Å²) in [5.74, 6) is 0. The lowest BCUT2D eigenvalue weighted by atomic mass is 10.1. The summed E-state index contributed by atoms with van der Waals surface area (Å²) in [6, 6.07) is 7.25. The van der Waals surface area contributed by atoms with Crippen LogP contribution in [-0.2, 0) is 12.0 Å². The van der Waals surface area contributed by atoms with Gasteiger partial charge in [-0.3, -0.25) is 0 Å². The van der Waals surface area contributed by atoms with Crippen LogP contribution in [0, 0.1) is 0 Å². The molecule has 0 saturated carbocycles. The summed E-state index contributed by atoms with van der Waals surface area (Å²) in [5, 5.41) is -1.36. The van der Waals surface area contributed by atoms with Crippen LogP contribution in [0.3, 0.4) is 0 Å². The molecule has 2 unspecified atom stereocenters. The molecule has 0 spiro atoms. The molecule has 0 aliphatic rings. The highest BCUT2D eigenvalue weighted by atomic mass is 31.0. The highest BCUT2D eigenvalue weighted by Crippen LogP contribution is 2.32. The zero-order chi connectivity index (χ0) is 9.19. The van der Waals surface area contributed by atoms with E-state index in [1.165, 1.54) is 6.92 Å². The Labute approximate surface area is 74.4 Å². The number of hydrogen-bond donors (Lipinski definition) is 1. The second-order valence-corrected chi connectivity index (χ2v) is 4.06. The first-order valence-corrected chi connectivity index (χ1v) is 4.39. The van der Waals surface area contributed by atoms with Crippen LogP contribution in [0.25, 0.3) is 0 Å². The summed E-state index contributed by atoms with van der Waals surface area (Å²) >= 11 is 0. The molecule has 0 aliphatic carbocycles. The van der Waals surface area contributed by atoms with Gasteiger partial charge < -0.3 is 5.73 Å². The lowest BCUT2D eigenvalue weighted by Gasteiger charge is -2.14. The molecule has 2 N–H and O–H groups in total. The van der Waals surface area contributed by atoms with Crippen molar-refractivity contribution in [3.05, 3.63) is 35.4 Å². The zero-order valence-electron chi connectivity index (χ0n) is 7.05. The number of halogens is 1. The van der Waals surface area contributed by atoms with E-state index in [0.29, 0.717) is 12.1 Å². The molecule has 0 aliphatic heterocycles. The number of rotatable bonds is 2. The standard InChI is InChI=1S/C9H13FNP/c1-9(10,12)8-4-2-3-7(5-8)6-11/h2-5H,6,11-12H2,1H3. The van der Waals surface area contributed by atoms with Gasteiger partial charge in [-0.2, -0.15) is 0 Å². The summed E-state index contributed by atoms with van der Waals surface area (Å²) in [5.41, 5.74) is 7.04. The molecule has 0 saturated heterocycles. The van der Waals surface area contributed by atoms with Gasteiger partial charge in [0.25, 0.3) is 0 Å². The van der Waals surface area contributed by atoms with E-state index >= 15 is 0 Å². The predicted molar refractivity (Wildman–Crippen MR) is 52.5 cm³/mol. The van der Waals surface area contributed by atoms with E-state index in [9.17, 15) is 4.39 Å².